The number of hydrogen-bond donors (Lipinski definition) is 2. The van der Waals surface area contributed by atoms with Crippen molar-refractivity contribution in [1.82, 2.24) is 20.4 Å². The van der Waals surface area contributed by atoms with E-state index in [4.69, 9.17) is 0 Å². The molecule has 0 unspecified atom stereocenters. The molecular formula is C10H18N4O2. The molecule has 0 aromatic carbocycles. The summed E-state index contributed by atoms with van der Waals surface area (Å²) in [4.78, 5) is 26.1. The van der Waals surface area contributed by atoms with Crippen molar-refractivity contribution in [3.05, 3.63) is 0 Å². The van der Waals surface area contributed by atoms with E-state index in [2.05, 4.69) is 10.6 Å². The van der Waals surface area contributed by atoms with Crippen LogP contribution < -0.4 is 10.6 Å². The average molecular weight is 226 g/mol. The molecule has 0 atom stereocenters. The summed E-state index contributed by atoms with van der Waals surface area (Å²) in [7, 11) is 0. The minimum Gasteiger partial charge on any atom is -0.336 e. The van der Waals surface area contributed by atoms with Crippen molar-refractivity contribution < 1.29 is 9.59 Å². The Kier molecular flexibility index (Phi) is 3.48. The fourth-order valence-corrected chi connectivity index (χ4v) is 2.05. The van der Waals surface area contributed by atoms with Gasteiger partial charge in [-0.2, -0.15) is 0 Å². The molecule has 90 valence electrons. The van der Waals surface area contributed by atoms with Crippen LogP contribution in [0.15, 0.2) is 0 Å². The van der Waals surface area contributed by atoms with Gasteiger partial charge in [0.05, 0.1) is 0 Å². The third-order valence-corrected chi connectivity index (χ3v) is 3.00. The predicted molar refractivity (Wildman–Crippen MR) is 59.2 cm³/mol. The van der Waals surface area contributed by atoms with Gasteiger partial charge < -0.3 is 20.4 Å². The molecule has 2 aliphatic rings. The average Bonchev–Trinajstić information content (AvgIpc) is 2.84. The highest BCUT2D eigenvalue weighted by Gasteiger charge is 2.20. The summed E-state index contributed by atoms with van der Waals surface area (Å²) >= 11 is 0. The Morgan fingerprint density at radius 1 is 0.875 bits per heavy atom. The molecule has 2 aliphatic heterocycles. The van der Waals surface area contributed by atoms with Crippen LogP contribution in [-0.2, 0) is 0 Å². The SMILES string of the molecule is O=C1NCCN1CCCCN1CCNC1=O. The number of amides is 4. The Balaban J connectivity index is 1.58. The highest BCUT2D eigenvalue weighted by atomic mass is 16.2. The van der Waals surface area contributed by atoms with Gasteiger partial charge in [-0.3, -0.25) is 0 Å². The van der Waals surface area contributed by atoms with Gasteiger partial charge in [0.25, 0.3) is 0 Å². The number of rotatable bonds is 5. The standard InChI is InChI=1S/C10H18N4O2/c15-9-11-3-7-13(9)5-1-2-6-14-8-4-12-10(14)16/h1-8H2,(H,11,15)(H,12,16). The van der Waals surface area contributed by atoms with Crippen LogP contribution in [0.1, 0.15) is 12.8 Å². The molecule has 0 aliphatic carbocycles. The first-order valence-electron chi connectivity index (χ1n) is 5.83. The molecule has 6 heteroatoms. The number of carbonyl (C=O) groups is 2. The van der Waals surface area contributed by atoms with E-state index in [0.29, 0.717) is 0 Å². The van der Waals surface area contributed by atoms with Crippen LogP contribution in [-0.4, -0.2) is 61.1 Å². The highest BCUT2D eigenvalue weighted by Crippen LogP contribution is 2.03. The zero-order chi connectivity index (χ0) is 11.4. The van der Waals surface area contributed by atoms with Gasteiger partial charge in [-0.1, -0.05) is 0 Å². The molecule has 6 nitrogen and oxygen atoms in total. The molecule has 2 heterocycles. The van der Waals surface area contributed by atoms with E-state index in [1.807, 2.05) is 9.80 Å². The predicted octanol–water partition coefficient (Wildman–Crippen LogP) is -0.183. The van der Waals surface area contributed by atoms with E-state index in [9.17, 15) is 9.59 Å². The highest BCUT2D eigenvalue weighted by molar-refractivity contribution is 5.76. The lowest BCUT2D eigenvalue weighted by molar-refractivity contribution is 0.210. The molecule has 0 spiro atoms. The molecule has 2 N–H and O–H groups in total. The van der Waals surface area contributed by atoms with Crippen molar-refractivity contribution in [2.24, 2.45) is 0 Å². The van der Waals surface area contributed by atoms with Crippen molar-refractivity contribution >= 4 is 12.1 Å². The Hall–Kier alpha value is -1.46. The lowest BCUT2D eigenvalue weighted by Gasteiger charge is -2.16. The molecule has 0 radical (unpaired) electrons. The Morgan fingerprint density at radius 2 is 1.31 bits per heavy atom. The van der Waals surface area contributed by atoms with Crippen molar-refractivity contribution in [2.75, 3.05) is 39.3 Å². The van der Waals surface area contributed by atoms with Crippen molar-refractivity contribution in [1.29, 1.82) is 0 Å². The number of carbonyl (C=O) groups excluding carboxylic acids is 2. The first-order chi connectivity index (χ1) is 7.77. The first kappa shape index (κ1) is 11.0. The van der Waals surface area contributed by atoms with Crippen LogP contribution in [0.25, 0.3) is 0 Å². The van der Waals surface area contributed by atoms with Gasteiger partial charge in [-0.15, -0.1) is 0 Å². The van der Waals surface area contributed by atoms with E-state index in [-0.39, 0.29) is 12.1 Å². The van der Waals surface area contributed by atoms with Crippen LogP contribution in [0.4, 0.5) is 9.59 Å². The van der Waals surface area contributed by atoms with E-state index in [1.165, 1.54) is 0 Å². The molecule has 16 heavy (non-hydrogen) atoms. The van der Waals surface area contributed by atoms with E-state index < -0.39 is 0 Å². The van der Waals surface area contributed by atoms with E-state index in [1.54, 1.807) is 0 Å². The normalized spacial score (nSPS) is 20.2. The number of hydrogen-bond acceptors (Lipinski definition) is 2. The van der Waals surface area contributed by atoms with E-state index >= 15 is 0 Å². The molecule has 2 rings (SSSR count). The topological polar surface area (TPSA) is 64.7 Å². The lowest BCUT2D eigenvalue weighted by Crippen LogP contribution is -2.31. The monoisotopic (exact) mass is 226 g/mol. The summed E-state index contributed by atoms with van der Waals surface area (Å²) in [5.41, 5.74) is 0. The molecule has 0 aromatic heterocycles. The maximum Gasteiger partial charge on any atom is 0.317 e. The molecule has 0 saturated carbocycles. The van der Waals surface area contributed by atoms with E-state index in [0.717, 1.165) is 52.1 Å². The summed E-state index contributed by atoms with van der Waals surface area (Å²) in [5.74, 6) is 0. The Labute approximate surface area is 95.0 Å². The molecular weight excluding hydrogens is 208 g/mol. The van der Waals surface area contributed by atoms with Crippen LogP contribution in [0.5, 0.6) is 0 Å². The number of urea groups is 2. The van der Waals surface area contributed by atoms with Gasteiger partial charge in [0.2, 0.25) is 0 Å². The summed E-state index contributed by atoms with van der Waals surface area (Å²) in [5, 5.41) is 5.54. The maximum atomic E-state index is 11.2. The fourth-order valence-electron chi connectivity index (χ4n) is 2.05. The minimum absolute atomic E-state index is 0.0407. The molecule has 0 aromatic rings. The first-order valence-corrected chi connectivity index (χ1v) is 5.83. The van der Waals surface area contributed by atoms with Crippen LogP contribution in [0.3, 0.4) is 0 Å². The molecule has 2 saturated heterocycles. The van der Waals surface area contributed by atoms with Gasteiger partial charge >= 0.3 is 12.1 Å². The lowest BCUT2D eigenvalue weighted by atomic mass is 10.3. The number of nitrogens with one attached hydrogen (secondary N) is 2. The molecule has 0 bridgehead atoms. The third kappa shape index (κ3) is 2.56. The zero-order valence-electron chi connectivity index (χ0n) is 9.37. The van der Waals surface area contributed by atoms with Gasteiger partial charge in [0, 0.05) is 39.3 Å². The summed E-state index contributed by atoms with van der Waals surface area (Å²) in [6.45, 7) is 4.72. The van der Waals surface area contributed by atoms with Crippen molar-refractivity contribution in [2.45, 2.75) is 12.8 Å². The van der Waals surface area contributed by atoms with Gasteiger partial charge in [-0.05, 0) is 12.8 Å². The quantitative estimate of drug-likeness (QED) is 0.639. The second-order valence-electron chi connectivity index (χ2n) is 4.15. The Morgan fingerprint density at radius 3 is 1.62 bits per heavy atom. The zero-order valence-corrected chi connectivity index (χ0v) is 9.37. The summed E-state index contributed by atoms with van der Waals surface area (Å²) in [6, 6.07) is 0.0813. The fraction of sp³-hybridized carbons (Fsp3) is 0.800. The van der Waals surface area contributed by atoms with Crippen LogP contribution in [0, 0.1) is 0 Å². The molecule has 4 amide bonds. The second-order valence-corrected chi connectivity index (χ2v) is 4.15. The van der Waals surface area contributed by atoms with Crippen molar-refractivity contribution in [3.63, 3.8) is 0 Å². The van der Waals surface area contributed by atoms with Gasteiger partial charge in [0.15, 0.2) is 0 Å². The largest absolute Gasteiger partial charge is 0.336 e. The summed E-state index contributed by atoms with van der Waals surface area (Å²) in [6.07, 6.45) is 1.91. The minimum atomic E-state index is 0.0407. The number of unbranched alkanes of at least 4 members (excludes halogenated alkanes) is 1. The molecule has 2 fully saturated rings. The number of nitrogens with zero attached hydrogens (tertiary/aromatic N) is 2. The van der Waals surface area contributed by atoms with Crippen LogP contribution >= 0.6 is 0 Å². The summed E-state index contributed by atoms with van der Waals surface area (Å²) < 4.78 is 0. The van der Waals surface area contributed by atoms with Gasteiger partial charge in [-0.25, -0.2) is 9.59 Å². The third-order valence-electron chi connectivity index (χ3n) is 3.00. The smallest absolute Gasteiger partial charge is 0.317 e. The Bertz CT molecular complexity index is 254. The maximum absolute atomic E-state index is 11.2. The van der Waals surface area contributed by atoms with Gasteiger partial charge in [0.1, 0.15) is 0 Å². The van der Waals surface area contributed by atoms with Crippen LogP contribution in [0.2, 0.25) is 0 Å². The van der Waals surface area contributed by atoms with Crippen molar-refractivity contribution in [3.8, 4) is 0 Å². The second kappa shape index (κ2) is 5.05.